The van der Waals surface area contributed by atoms with E-state index in [0.29, 0.717) is 22.9 Å². The van der Waals surface area contributed by atoms with Crippen molar-refractivity contribution in [1.82, 2.24) is 5.32 Å². The average molecular weight is 211 g/mol. The molecule has 0 bridgehead atoms. The molecule has 0 saturated heterocycles. The van der Waals surface area contributed by atoms with E-state index < -0.39 is 0 Å². The fourth-order valence-corrected chi connectivity index (χ4v) is 2.69. The van der Waals surface area contributed by atoms with E-state index in [1.54, 1.807) is 0 Å². The Bertz CT molecular complexity index is 212. The predicted octanol–water partition coefficient (Wildman–Crippen LogP) is 3.84. The molecule has 3 atom stereocenters. The van der Waals surface area contributed by atoms with Gasteiger partial charge in [0.05, 0.1) is 0 Å². The summed E-state index contributed by atoms with van der Waals surface area (Å²) in [5.41, 5.74) is 0.904. The van der Waals surface area contributed by atoms with E-state index in [-0.39, 0.29) is 0 Å². The van der Waals surface area contributed by atoms with Crippen LogP contribution in [0.1, 0.15) is 61.3 Å². The van der Waals surface area contributed by atoms with Gasteiger partial charge in [0, 0.05) is 12.1 Å². The van der Waals surface area contributed by atoms with Crippen LogP contribution in [0.5, 0.6) is 0 Å². The summed E-state index contributed by atoms with van der Waals surface area (Å²) in [7, 11) is 0. The van der Waals surface area contributed by atoms with Crippen molar-refractivity contribution in [3.05, 3.63) is 0 Å². The van der Waals surface area contributed by atoms with Crippen LogP contribution in [0.4, 0.5) is 0 Å². The highest BCUT2D eigenvalue weighted by Crippen LogP contribution is 2.41. The van der Waals surface area contributed by atoms with E-state index in [1.165, 1.54) is 12.8 Å². The molecule has 90 valence electrons. The molecule has 1 aliphatic rings. The van der Waals surface area contributed by atoms with Crippen molar-refractivity contribution >= 4 is 0 Å². The minimum absolute atomic E-state index is 0.368. The van der Waals surface area contributed by atoms with Crippen LogP contribution in [-0.4, -0.2) is 12.1 Å². The van der Waals surface area contributed by atoms with Crippen LogP contribution in [-0.2, 0) is 0 Å². The molecule has 0 heterocycles. The third-order valence-electron chi connectivity index (χ3n) is 4.10. The Kier molecular flexibility index (Phi) is 3.55. The van der Waals surface area contributed by atoms with Crippen LogP contribution in [0.2, 0.25) is 0 Å². The van der Waals surface area contributed by atoms with Crippen molar-refractivity contribution in [3.8, 4) is 0 Å². The van der Waals surface area contributed by atoms with Crippen molar-refractivity contribution < 1.29 is 0 Å². The largest absolute Gasteiger partial charge is 0.311 e. The Labute approximate surface area is 96.0 Å². The maximum absolute atomic E-state index is 3.82. The molecule has 0 spiro atoms. The van der Waals surface area contributed by atoms with Gasteiger partial charge in [-0.2, -0.15) is 0 Å². The molecule has 1 rings (SSSR count). The van der Waals surface area contributed by atoms with Crippen LogP contribution in [0, 0.1) is 16.7 Å². The zero-order valence-electron chi connectivity index (χ0n) is 11.6. The Balaban J connectivity index is 2.54. The molecule has 15 heavy (non-hydrogen) atoms. The maximum atomic E-state index is 3.82. The van der Waals surface area contributed by atoms with Gasteiger partial charge < -0.3 is 5.32 Å². The molecule has 0 aliphatic heterocycles. The summed E-state index contributed by atoms with van der Waals surface area (Å²) in [5, 5.41) is 3.82. The van der Waals surface area contributed by atoms with Crippen LogP contribution in [0.25, 0.3) is 0 Å². The molecule has 1 nitrogen and oxygen atoms in total. The molecule has 0 aromatic carbocycles. The molecule has 1 saturated carbocycles. The molecule has 1 heteroatoms. The number of hydrogen-bond acceptors (Lipinski definition) is 1. The summed E-state index contributed by atoms with van der Waals surface area (Å²) in [6.07, 6.45) is 2.69. The molecule has 3 unspecified atom stereocenters. The molecule has 0 amide bonds. The van der Waals surface area contributed by atoms with Gasteiger partial charge in [0.25, 0.3) is 0 Å². The van der Waals surface area contributed by atoms with Crippen molar-refractivity contribution in [1.29, 1.82) is 0 Å². The second-order valence-corrected chi connectivity index (χ2v) is 7.41. The average Bonchev–Trinajstić information content (AvgIpc) is 2.22. The van der Waals surface area contributed by atoms with E-state index in [2.05, 4.69) is 53.8 Å². The van der Waals surface area contributed by atoms with E-state index in [1.807, 2.05) is 0 Å². The highest BCUT2D eigenvalue weighted by Gasteiger charge is 2.38. The lowest BCUT2D eigenvalue weighted by molar-refractivity contribution is 0.243. The molecule has 0 aromatic rings. The highest BCUT2D eigenvalue weighted by molar-refractivity contribution is 4.93. The zero-order chi connectivity index (χ0) is 11.9. The minimum atomic E-state index is 0.368. The van der Waals surface area contributed by atoms with Gasteiger partial charge >= 0.3 is 0 Å². The van der Waals surface area contributed by atoms with E-state index in [9.17, 15) is 0 Å². The van der Waals surface area contributed by atoms with Gasteiger partial charge in [0.2, 0.25) is 0 Å². The summed E-state index contributed by atoms with van der Waals surface area (Å²) in [6.45, 7) is 16.4. The summed E-state index contributed by atoms with van der Waals surface area (Å²) < 4.78 is 0. The van der Waals surface area contributed by atoms with Gasteiger partial charge in [-0.05, 0) is 36.5 Å². The normalized spacial score (nSPS) is 33.0. The predicted molar refractivity (Wildman–Crippen MR) is 68.0 cm³/mol. The molecule has 1 fully saturated rings. The molecular formula is C14H29N. The Morgan fingerprint density at radius 2 is 1.73 bits per heavy atom. The lowest BCUT2D eigenvalue weighted by Crippen LogP contribution is -2.45. The van der Waals surface area contributed by atoms with Crippen molar-refractivity contribution in [2.75, 3.05) is 0 Å². The molecular weight excluding hydrogens is 182 g/mol. The number of rotatable bonds is 2. The SMILES string of the molecule is CC1CC(C)(C)CC1NC(C)C(C)(C)C. The van der Waals surface area contributed by atoms with Crippen LogP contribution in [0.15, 0.2) is 0 Å². The third kappa shape index (κ3) is 3.48. The van der Waals surface area contributed by atoms with Gasteiger partial charge in [0.15, 0.2) is 0 Å². The second-order valence-electron chi connectivity index (χ2n) is 7.41. The summed E-state index contributed by atoms with van der Waals surface area (Å²) in [4.78, 5) is 0. The Morgan fingerprint density at radius 3 is 2.07 bits per heavy atom. The highest BCUT2D eigenvalue weighted by atomic mass is 15.0. The molecule has 0 aromatic heterocycles. The van der Waals surface area contributed by atoms with Crippen molar-refractivity contribution in [2.45, 2.75) is 73.4 Å². The summed E-state index contributed by atoms with van der Waals surface area (Å²) in [5.74, 6) is 0.824. The summed E-state index contributed by atoms with van der Waals surface area (Å²) in [6, 6.07) is 1.31. The Morgan fingerprint density at radius 1 is 1.20 bits per heavy atom. The smallest absolute Gasteiger partial charge is 0.0101 e. The monoisotopic (exact) mass is 211 g/mol. The number of nitrogens with one attached hydrogen (secondary N) is 1. The minimum Gasteiger partial charge on any atom is -0.311 e. The fourth-order valence-electron chi connectivity index (χ4n) is 2.69. The second kappa shape index (κ2) is 4.08. The molecule has 0 radical (unpaired) electrons. The topological polar surface area (TPSA) is 12.0 Å². The van der Waals surface area contributed by atoms with Gasteiger partial charge in [-0.15, -0.1) is 0 Å². The van der Waals surface area contributed by atoms with Crippen LogP contribution < -0.4 is 5.32 Å². The quantitative estimate of drug-likeness (QED) is 0.732. The van der Waals surface area contributed by atoms with Gasteiger partial charge in [-0.3, -0.25) is 0 Å². The fraction of sp³-hybridized carbons (Fsp3) is 1.00. The van der Waals surface area contributed by atoms with Gasteiger partial charge in [0.1, 0.15) is 0 Å². The van der Waals surface area contributed by atoms with Crippen LogP contribution in [0.3, 0.4) is 0 Å². The first-order valence-corrected chi connectivity index (χ1v) is 6.38. The third-order valence-corrected chi connectivity index (χ3v) is 4.10. The van der Waals surface area contributed by atoms with Gasteiger partial charge in [-0.25, -0.2) is 0 Å². The van der Waals surface area contributed by atoms with Gasteiger partial charge in [-0.1, -0.05) is 41.5 Å². The van der Waals surface area contributed by atoms with Crippen molar-refractivity contribution in [2.24, 2.45) is 16.7 Å². The van der Waals surface area contributed by atoms with Crippen molar-refractivity contribution in [3.63, 3.8) is 0 Å². The maximum Gasteiger partial charge on any atom is 0.0101 e. The van der Waals surface area contributed by atoms with E-state index >= 15 is 0 Å². The summed E-state index contributed by atoms with van der Waals surface area (Å²) >= 11 is 0. The zero-order valence-corrected chi connectivity index (χ0v) is 11.6. The first-order chi connectivity index (χ1) is 6.62. The number of hydrogen-bond donors (Lipinski definition) is 1. The lowest BCUT2D eigenvalue weighted by Gasteiger charge is -2.32. The standard InChI is InChI=1S/C14H29N/c1-10-8-14(6,7)9-12(10)15-11(2)13(3,4)5/h10-12,15H,8-9H2,1-7H3. The molecule has 1 aliphatic carbocycles. The van der Waals surface area contributed by atoms with E-state index in [4.69, 9.17) is 0 Å². The first-order valence-electron chi connectivity index (χ1n) is 6.38. The first kappa shape index (κ1) is 13.0. The Hall–Kier alpha value is -0.0400. The molecule has 1 N–H and O–H groups in total. The van der Waals surface area contributed by atoms with E-state index in [0.717, 1.165) is 5.92 Å². The van der Waals surface area contributed by atoms with Crippen LogP contribution >= 0.6 is 0 Å². The lowest BCUT2D eigenvalue weighted by atomic mass is 9.87.